The first-order valence-electron chi connectivity index (χ1n) is 11.1. The van der Waals surface area contributed by atoms with Gasteiger partial charge in [0.1, 0.15) is 11.5 Å². The number of ether oxygens (including phenoxy) is 2. The van der Waals surface area contributed by atoms with Crippen molar-refractivity contribution in [1.82, 2.24) is 9.97 Å². The highest BCUT2D eigenvalue weighted by Gasteiger charge is 2.23. The molecule has 5 aromatic rings. The second-order valence-electron chi connectivity index (χ2n) is 8.02. The molecule has 0 bridgehead atoms. The van der Waals surface area contributed by atoms with Crippen LogP contribution in [0.1, 0.15) is 0 Å². The molecule has 0 N–H and O–H groups in total. The molecule has 4 aromatic carbocycles. The average Bonchev–Trinajstić information content (AvgIpc) is 2.89. The van der Waals surface area contributed by atoms with E-state index < -0.39 is 23.3 Å². The van der Waals surface area contributed by atoms with E-state index in [0.717, 1.165) is 24.3 Å². The van der Waals surface area contributed by atoms with E-state index in [1.807, 2.05) is 0 Å². The predicted molar refractivity (Wildman–Crippen MR) is 141 cm³/mol. The minimum absolute atomic E-state index is 0.0882. The summed E-state index contributed by atoms with van der Waals surface area (Å²) in [5.74, 6) is -4.78. The van der Waals surface area contributed by atoms with Gasteiger partial charge >= 0.3 is 6.01 Å². The van der Waals surface area contributed by atoms with Crippen molar-refractivity contribution in [2.75, 3.05) is 0 Å². The zero-order chi connectivity index (χ0) is 27.7. The third-order valence-corrected chi connectivity index (χ3v) is 6.18. The number of rotatable bonds is 6. The van der Waals surface area contributed by atoms with Gasteiger partial charge in [-0.05, 0) is 60.2 Å². The van der Waals surface area contributed by atoms with Crippen LogP contribution in [0, 0.1) is 23.3 Å². The molecule has 0 amide bonds. The summed E-state index contributed by atoms with van der Waals surface area (Å²) < 4.78 is 66.4. The van der Waals surface area contributed by atoms with E-state index in [4.69, 9.17) is 44.3 Å². The molecule has 0 aliphatic rings. The molecule has 1 heterocycles. The van der Waals surface area contributed by atoms with Gasteiger partial charge in [0.15, 0.2) is 23.3 Å². The predicted octanol–water partition coefficient (Wildman–Crippen LogP) is 9.91. The van der Waals surface area contributed by atoms with Crippen LogP contribution >= 0.6 is 34.8 Å². The maximum absolute atomic E-state index is 14.0. The zero-order valence-corrected chi connectivity index (χ0v) is 21.6. The lowest BCUT2D eigenvalue weighted by atomic mass is 10.00. The van der Waals surface area contributed by atoms with Crippen molar-refractivity contribution in [1.29, 1.82) is 0 Å². The van der Waals surface area contributed by atoms with Crippen LogP contribution in [0.5, 0.6) is 23.4 Å². The molecule has 0 atom stereocenters. The number of aromatic nitrogens is 2. The maximum atomic E-state index is 14.0. The fourth-order valence-electron chi connectivity index (χ4n) is 3.59. The summed E-state index contributed by atoms with van der Waals surface area (Å²) in [6, 6.07) is 16.7. The van der Waals surface area contributed by atoms with Crippen LogP contribution in [0.15, 0.2) is 78.9 Å². The highest BCUT2D eigenvalue weighted by atomic mass is 35.5. The van der Waals surface area contributed by atoms with Gasteiger partial charge in [0, 0.05) is 27.7 Å². The molecule has 0 aliphatic carbocycles. The Kier molecular flexibility index (Phi) is 7.61. The fraction of sp³-hybridized carbons (Fsp3) is 0. The molecule has 0 radical (unpaired) electrons. The topological polar surface area (TPSA) is 44.2 Å². The zero-order valence-electron chi connectivity index (χ0n) is 19.4. The number of hydrogen-bond acceptors (Lipinski definition) is 4. The Morgan fingerprint density at radius 2 is 1.15 bits per heavy atom. The monoisotopic (exact) mass is 590 g/mol. The Balaban J connectivity index is 1.75. The molecule has 4 nitrogen and oxygen atoms in total. The molecular weight excluding hydrogens is 579 g/mol. The molecule has 39 heavy (non-hydrogen) atoms. The Labute approximate surface area is 234 Å². The van der Waals surface area contributed by atoms with Crippen molar-refractivity contribution in [2.24, 2.45) is 0 Å². The van der Waals surface area contributed by atoms with Gasteiger partial charge in [0.05, 0.1) is 16.3 Å². The Morgan fingerprint density at radius 1 is 0.564 bits per heavy atom. The standard InChI is InChI=1S/C28H13Cl3F4N2O2/c29-15-3-1-14(2-4-15)25-26(19-8-5-16(30)11-20(19)31)36-28(39-18-7-10-22(33)24(35)13-18)37-27(25)38-17-6-9-21(32)23(34)12-17/h1-13H. The molecule has 1 aromatic heterocycles. The Morgan fingerprint density at radius 3 is 1.74 bits per heavy atom. The average molecular weight is 592 g/mol. The highest BCUT2D eigenvalue weighted by Crippen LogP contribution is 2.43. The lowest BCUT2D eigenvalue weighted by Gasteiger charge is -2.17. The van der Waals surface area contributed by atoms with Crippen molar-refractivity contribution in [3.8, 4) is 45.8 Å². The Bertz CT molecular complexity index is 1700. The van der Waals surface area contributed by atoms with Crippen molar-refractivity contribution < 1.29 is 27.0 Å². The molecule has 0 fully saturated rings. The summed E-state index contributed by atoms with van der Waals surface area (Å²) in [5, 5.41) is 1.03. The Hall–Kier alpha value is -3.85. The van der Waals surface area contributed by atoms with Crippen LogP contribution in [0.4, 0.5) is 17.6 Å². The third-order valence-electron chi connectivity index (χ3n) is 5.38. The van der Waals surface area contributed by atoms with Crippen LogP contribution in [-0.2, 0) is 0 Å². The summed E-state index contributed by atoms with van der Waals surface area (Å²) >= 11 is 18.7. The smallest absolute Gasteiger partial charge is 0.325 e. The van der Waals surface area contributed by atoms with Gasteiger partial charge in [-0.1, -0.05) is 46.9 Å². The molecule has 0 aliphatic heterocycles. The molecule has 196 valence electrons. The summed E-state index contributed by atoms with van der Waals surface area (Å²) in [4.78, 5) is 8.80. The third kappa shape index (κ3) is 5.93. The van der Waals surface area contributed by atoms with Crippen molar-refractivity contribution in [2.45, 2.75) is 0 Å². The minimum atomic E-state index is -1.15. The normalized spacial score (nSPS) is 10.9. The summed E-state index contributed by atoms with van der Waals surface area (Å²) in [5.41, 5.74) is 1.40. The summed E-state index contributed by atoms with van der Waals surface area (Å²) in [7, 11) is 0. The van der Waals surface area contributed by atoms with Gasteiger partial charge in [-0.25, -0.2) is 17.6 Å². The number of benzene rings is 4. The lowest BCUT2D eigenvalue weighted by Crippen LogP contribution is -2.02. The first-order chi connectivity index (χ1) is 18.7. The van der Waals surface area contributed by atoms with E-state index in [9.17, 15) is 17.6 Å². The van der Waals surface area contributed by atoms with Crippen molar-refractivity contribution in [3.63, 3.8) is 0 Å². The van der Waals surface area contributed by atoms with E-state index in [2.05, 4.69) is 9.97 Å². The molecule has 11 heteroatoms. The van der Waals surface area contributed by atoms with Gasteiger partial charge in [0.25, 0.3) is 0 Å². The fourth-order valence-corrected chi connectivity index (χ4v) is 4.21. The van der Waals surface area contributed by atoms with E-state index >= 15 is 0 Å². The van der Waals surface area contributed by atoms with Crippen molar-refractivity contribution in [3.05, 3.63) is 117 Å². The maximum Gasteiger partial charge on any atom is 0.325 e. The van der Waals surface area contributed by atoms with Gasteiger partial charge in [0.2, 0.25) is 5.88 Å². The van der Waals surface area contributed by atoms with Crippen molar-refractivity contribution >= 4 is 34.8 Å². The van der Waals surface area contributed by atoms with Crippen LogP contribution in [-0.4, -0.2) is 9.97 Å². The van der Waals surface area contributed by atoms with Crippen LogP contribution in [0.3, 0.4) is 0 Å². The van der Waals surface area contributed by atoms with Gasteiger partial charge in [-0.2, -0.15) is 9.97 Å². The van der Waals surface area contributed by atoms with E-state index in [1.54, 1.807) is 36.4 Å². The molecule has 0 unspecified atom stereocenters. The second kappa shape index (κ2) is 11.1. The first kappa shape index (κ1) is 26.7. The van der Waals surface area contributed by atoms with Gasteiger partial charge < -0.3 is 9.47 Å². The largest absolute Gasteiger partial charge is 0.438 e. The minimum Gasteiger partial charge on any atom is -0.438 e. The van der Waals surface area contributed by atoms with E-state index in [-0.39, 0.29) is 34.1 Å². The van der Waals surface area contributed by atoms with Crippen LogP contribution < -0.4 is 9.47 Å². The molecule has 0 saturated heterocycles. The number of nitrogens with zero attached hydrogens (tertiary/aromatic N) is 2. The molecule has 0 spiro atoms. The number of halogens is 7. The van der Waals surface area contributed by atoms with E-state index in [0.29, 0.717) is 26.7 Å². The SMILES string of the molecule is Fc1ccc(Oc2nc(Oc3ccc(F)c(F)c3)c(-c3ccc(Cl)cc3)c(-c3ccc(Cl)cc3Cl)n2)cc1F. The molecule has 5 rings (SSSR count). The molecule has 0 saturated carbocycles. The summed E-state index contributed by atoms with van der Waals surface area (Å²) in [6.07, 6.45) is 0. The van der Waals surface area contributed by atoms with Gasteiger partial charge in [-0.15, -0.1) is 0 Å². The van der Waals surface area contributed by atoms with Crippen LogP contribution in [0.25, 0.3) is 22.4 Å². The van der Waals surface area contributed by atoms with Crippen LogP contribution in [0.2, 0.25) is 15.1 Å². The summed E-state index contributed by atoms with van der Waals surface area (Å²) in [6.45, 7) is 0. The highest BCUT2D eigenvalue weighted by molar-refractivity contribution is 6.36. The lowest BCUT2D eigenvalue weighted by molar-refractivity contribution is 0.406. The van der Waals surface area contributed by atoms with E-state index in [1.165, 1.54) is 18.2 Å². The number of hydrogen-bond donors (Lipinski definition) is 0. The van der Waals surface area contributed by atoms with Gasteiger partial charge in [-0.3, -0.25) is 0 Å². The quantitative estimate of drug-likeness (QED) is 0.184. The molecular formula is C28H13Cl3F4N2O2. The second-order valence-corrected chi connectivity index (χ2v) is 9.30. The first-order valence-corrected chi connectivity index (χ1v) is 12.2.